The van der Waals surface area contributed by atoms with Crippen molar-refractivity contribution < 1.29 is 14.3 Å². The van der Waals surface area contributed by atoms with E-state index in [9.17, 15) is 9.59 Å². The summed E-state index contributed by atoms with van der Waals surface area (Å²) in [5.41, 5.74) is 1.52. The number of anilines is 1. The summed E-state index contributed by atoms with van der Waals surface area (Å²) in [6, 6.07) is 5.74. The number of nitrogens with zero attached hydrogens (tertiary/aromatic N) is 1. The van der Waals surface area contributed by atoms with E-state index in [1.165, 1.54) is 0 Å². The Morgan fingerprint density at radius 3 is 2.68 bits per heavy atom. The van der Waals surface area contributed by atoms with E-state index in [1.807, 2.05) is 45.9 Å². The summed E-state index contributed by atoms with van der Waals surface area (Å²) in [7, 11) is 0. The molecular formula is C17H24N2O3. The van der Waals surface area contributed by atoms with Gasteiger partial charge in [-0.25, -0.2) is 0 Å². The normalized spacial score (nSPS) is 17.8. The van der Waals surface area contributed by atoms with Gasteiger partial charge in [0.1, 0.15) is 5.75 Å². The Bertz CT molecular complexity index is 590. The SMILES string of the molecule is Cc1ccc2c(c1)N(CCC(=O)NC(C)(C)C)C(=O)C(C)O2. The van der Waals surface area contributed by atoms with Crippen LogP contribution in [0.3, 0.4) is 0 Å². The molecular weight excluding hydrogens is 280 g/mol. The van der Waals surface area contributed by atoms with Gasteiger partial charge in [-0.1, -0.05) is 6.07 Å². The number of aryl methyl sites for hydroxylation is 1. The lowest BCUT2D eigenvalue weighted by molar-refractivity contribution is -0.125. The number of hydrogen-bond donors (Lipinski definition) is 1. The molecule has 5 nitrogen and oxygen atoms in total. The fraction of sp³-hybridized carbons (Fsp3) is 0.529. The number of benzene rings is 1. The lowest BCUT2D eigenvalue weighted by Gasteiger charge is -2.33. The molecule has 1 unspecified atom stereocenters. The highest BCUT2D eigenvalue weighted by Crippen LogP contribution is 2.34. The first kappa shape index (κ1) is 16.3. The molecule has 1 aromatic rings. The highest BCUT2D eigenvalue weighted by Gasteiger charge is 2.31. The number of hydrogen-bond acceptors (Lipinski definition) is 3. The van der Waals surface area contributed by atoms with E-state index >= 15 is 0 Å². The summed E-state index contributed by atoms with van der Waals surface area (Å²) in [5.74, 6) is 0.518. The zero-order valence-electron chi connectivity index (χ0n) is 13.9. The highest BCUT2D eigenvalue weighted by atomic mass is 16.5. The van der Waals surface area contributed by atoms with E-state index in [0.29, 0.717) is 12.3 Å². The Balaban J connectivity index is 2.14. The lowest BCUT2D eigenvalue weighted by Crippen LogP contribution is -2.47. The first-order valence-electron chi connectivity index (χ1n) is 7.57. The number of nitrogens with one attached hydrogen (secondary N) is 1. The van der Waals surface area contributed by atoms with Crippen LogP contribution in [0.2, 0.25) is 0 Å². The molecule has 0 aromatic heterocycles. The van der Waals surface area contributed by atoms with Crippen LogP contribution in [-0.4, -0.2) is 30.0 Å². The molecule has 5 heteroatoms. The van der Waals surface area contributed by atoms with Crippen LogP contribution in [0.25, 0.3) is 0 Å². The van der Waals surface area contributed by atoms with Gasteiger partial charge < -0.3 is 15.0 Å². The molecule has 0 fully saturated rings. The Morgan fingerprint density at radius 1 is 1.36 bits per heavy atom. The van der Waals surface area contributed by atoms with Gasteiger partial charge in [-0.05, 0) is 52.3 Å². The molecule has 22 heavy (non-hydrogen) atoms. The van der Waals surface area contributed by atoms with Gasteiger partial charge >= 0.3 is 0 Å². The molecule has 1 heterocycles. The average molecular weight is 304 g/mol. The van der Waals surface area contributed by atoms with Crippen molar-refractivity contribution in [2.75, 3.05) is 11.4 Å². The second-order valence-corrected chi connectivity index (χ2v) is 6.77. The van der Waals surface area contributed by atoms with Gasteiger partial charge in [0.25, 0.3) is 5.91 Å². The summed E-state index contributed by atoms with van der Waals surface area (Å²) < 4.78 is 5.62. The van der Waals surface area contributed by atoms with Crippen molar-refractivity contribution in [2.45, 2.75) is 52.7 Å². The van der Waals surface area contributed by atoms with Gasteiger partial charge in [-0.2, -0.15) is 0 Å². The minimum Gasteiger partial charge on any atom is -0.479 e. The maximum atomic E-state index is 12.4. The maximum Gasteiger partial charge on any atom is 0.267 e. The monoisotopic (exact) mass is 304 g/mol. The van der Waals surface area contributed by atoms with E-state index in [0.717, 1.165) is 11.3 Å². The van der Waals surface area contributed by atoms with Crippen LogP contribution >= 0.6 is 0 Å². The topological polar surface area (TPSA) is 58.6 Å². The van der Waals surface area contributed by atoms with Gasteiger partial charge in [0.15, 0.2) is 6.10 Å². The summed E-state index contributed by atoms with van der Waals surface area (Å²) in [5, 5.41) is 2.91. The minimum atomic E-state index is -0.527. The Labute approximate surface area is 131 Å². The second kappa shape index (κ2) is 5.99. The highest BCUT2D eigenvalue weighted by molar-refractivity contribution is 6.00. The fourth-order valence-electron chi connectivity index (χ4n) is 2.44. The van der Waals surface area contributed by atoms with Crippen LogP contribution in [0.15, 0.2) is 18.2 Å². The molecule has 0 saturated carbocycles. The molecule has 0 aliphatic carbocycles. The smallest absolute Gasteiger partial charge is 0.267 e. The molecule has 120 valence electrons. The van der Waals surface area contributed by atoms with Crippen molar-refractivity contribution in [3.8, 4) is 5.75 Å². The first-order chi connectivity index (χ1) is 10.2. The minimum absolute atomic E-state index is 0.0614. The Hall–Kier alpha value is -2.04. The second-order valence-electron chi connectivity index (χ2n) is 6.77. The molecule has 2 rings (SSSR count). The van der Waals surface area contributed by atoms with Gasteiger partial charge in [0.05, 0.1) is 5.69 Å². The molecule has 1 aliphatic heterocycles. The van der Waals surface area contributed by atoms with E-state index in [4.69, 9.17) is 4.74 Å². The third kappa shape index (κ3) is 3.78. The maximum absolute atomic E-state index is 12.4. The largest absolute Gasteiger partial charge is 0.479 e. The van der Waals surface area contributed by atoms with Gasteiger partial charge in [0, 0.05) is 18.5 Å². The van der Waals surface area contributed by atoms with Crippen LogP contribution in [0.1, 0.15) is 39.7 Å². The Morgan fingerprint density at radius 2 is 2.05 bits per heavy atom. The van der Waals surface area contributed by atoms with Crippen LogP contribution in [0, 0.1) is 6.92 Å². The lowest BCUT2D eigenvalue weighted by atomic mass is 10.1. The van der Waals surface area contributed by atoms with E-state index < -0.39 is 6.10 Å². The third-order valence-electron chi connectivity index (χ3n) is 3.40. The average Bonchev–Trinajstić information content (AvgIpc) is 2.38. The van der Waals surface area contributed by atoms with E-state index in [2.05, 4.69) is 5.32 Å². The predicted molar refractivity (Wildman–Crippen MR) is 86.1 cm³/mol. The summed E-state index contributed by atoms with van der Waals surface area (Å²) in [4.78, 5) is 26.0. The van der Waals surface area contributed by atoms with Crippen molar-refractivity contribution >= 4 is 17.5 Å². The van der Waals surface area contributed by atoms with Gasteiger partial charge in [-0.3, -0.25) is 9.59 Å². The predicted octanol–water partition coefficient (Wildman–Crippen LogP) is 2.41. The quantitative estimate of drug-likeness (QED) is 0.933. The molecule has 0 radical (unpaired) electrons. The van der Waals surface area contributed by atoms with Crippen LogP contribution in [-0.2, 0) is 9.59 Å². The van der Waals surface area contributed by atoms with Crippen LogP contribution in [0.4, 0.5) is 5.69 Å². The van der Waals surface area contributed by atoms with E-state index in [1.54, 1.807) is 11.8 Å². The van der Waals surface area contributed by atoms with Crippen molar-refractivity contribution in [1.29, 1.82) is 0 Å². The number of fused-ring (bicyclic) bond motifs is 1. The standard InChI is InChI=1S/C17H24N2O3/c1-11-6-7-14-13(10-11)19(16(21)12(2)22-14)9-8-15(20)18-17(3,4)5/h6-7,10,12H,8-9H2,1-5H3,(H,18,20). The summed E-state index contributed by atoms with van der Waals surface area (Å²) in [6.07, 6.45) is -0.260. The molecule has 0 spiro atoms. The van der Waals surface area contributed by atoms with Gasteiger partial charge in [-0.15, -0.1) is 0 Å². The zero-order valence-corrected chi connectivity index (χ0v) is 13.9. The van der Waals surface area contributed by atoms with Crippen LogP contribution in [0.5, 0.6) is 5.75 Å². The number of amides is 2. The molecule has 0 bridgehead atoms. The molecule has 1 atom stereocenters. The molecule has 2 amide bonds. The van der Waals surface area contributed by atoms with Gasteiger partial charge in [0.2, 0.25) is 5.91 Å². The van der Waals surface area contributed by atoms with Crippen molar-refractivity contribution in [1.82, 2.24) is 5.32 Å². The third-order valence-corrected chi connectivity index (χ3v) is 3.40. The van der Waals surface area contributed by atoms with Crippen molar-refractivity contribution in [2.24, 2.45) is 0 Å². The van der Waals surface area contributed by atoms with E-state index in [-0.39, 0.29) is 23.8 Å². The first-order valence-corrected chi connectivity index (χ1v) is 7.57. The van der Waals surface area contributed by atoms with Crippen molar-refractivity contribution in [3.63, 3.8) is 0 Å². The van der Waals surface area contributed by atoms with Crippen molar-refractivity contribution in [3.05, 3.63) is 23.8 Å². The number of carbonyl (C=O) groups excluding carboxylic acids is 2. The number of carbonyl (C=O) groups is 2. The summed E-state index contributed by atoms with van der Waals surface area (Å²) >= 11 is 0. The Kier molecular flexibility index (Phi) is 4.44. The molecule has 1 aliphatic rings. The number of ether oxygens (including phenoxy) is 1. The molecule has 0 saturated heterocycles. The molecule has 1 N–H and O–H groups in total. The number of rotatable bonds is 3. The zero-order chi connectivity index (χ0) is 16.5. The van der Waals surface area contributed by atoms with Crippen LogP contribution < -0.4 is 15.0 Å². The summed E-state index contributed by atoms with van der Waals surface area (Å²) in [6.45, 7) is 9.86. The molecule has 1 aromatic carbocycles. The fourth-order valence-corrected chi connectivity index (χ4v) is 2.44.